The molecule has 4 aromatic rings. The molecule has 0 radical (unpaired) electrons. The van der Waals surface area contributed by atoms with Crippen LogP contribution < -0.4 is 25.1 Å². The Hall–Kier alpha value is -3.78. The van der Waals surface area contributed by atoms with Gasteiger partial charge in [0.05, 0.1) is 10.6 Å². The quantitative estimate of drug-likeness (QED) is 0.466. The van der Waals surface area contributed by atoms with E-state index in [0.717, 1.165) is 28.2 Å². The van der Waals surface area contributed by atoms with E-state index in [-0.39, 0.29) is 28.4 Å². The van der Waals surface area contributed by atoms with Gasteiger partial charge in [-0.3, -0.25) is 9.59 Å². The SMILES string of the molecule is CC(C)Oc1ccc(-c2nn3c(=O)/c(=C\C4=Cc5ccccc5OC4C)sc3nc2=O)cc1. The third-order valence-electron chi connectivity index (χ3n) is 5.20. The second-order valence-corrected chi connectivity index (χ2v) is 9.02. The molecular formula is C25H21N3O4S. The summed E-state index contributed by atoms with van der Waals surface area (Å²) in [4.78, 5) is 30.1. The van der Waals surface area contributed by atoms with Crippen molar-refractivity contribution in [2.45, 2.75) is 33.0 Å². The van der Waals surface area contributed by atoms with Crippen LogP contribution in [0.5, 0.6) is 11.5 Å². The van der Waals surface area contributed by atoms with E-state index in [0.29, 0.717) is 15.8 Å². The molecule has 1 unspecified atom stereocenters. The van der Waals surface area contributed by atoms with Gasteiger partial charge in [-0.25, -0.2) is 0 Å². The number of hydrogen-bond donors (Lipinski definition) is 0. The van der Waals surface area contributed by atoms with Crippen molar-refractivity contribution in [2.75, 3.05) is 0 Å². The smallest absolute Gasteiger partial charge is 0.300 e. The highest BCUT2D eigenvalue weighted by molar-refractivity contribution is 7.15. The van der Waals surface area contributed by atoms with Crippen LogP contribution in [0.2, 0.25) is 0 Å². The summed E-state index contributed by atoms with van der Waals surface area (Å²) in [6.45, 7) is 5.81. The fraction of sp³-hybridized carbons (Fsp3) is 0.200. The Balaban J connectivity index is 1.57. The van der Waals surface area contributed by atoms with Crippen molar-refractivity contribution in [2.24, 2.45) is 0 Å². The molecule has 2 aromatic carbocycles. The van der Waals surface area contributed by atoms with Gasteiger partial charge in [-0.15, -0.1) is 0 Å². The van der Waals surface area contributed by atoms with Crippen molar-refractivity contribution in [3.63, 3.8) is 0 Å². The first-order chi connectivity index (χ1) is 15.9. The number of aromatic nitrogens is 3. The lowest BCUT2D eigenvalue weighted by Gasteiger charge is -2.22. The van der Waals surface area contributed by atoms with Crippen LogP contribution in [0.1, 0.15) is 26.3 Å². The lowest BCUT2D eigenvalue weighted by Crippen LogP contribution is -2.28. The van der Waals surface area contributed by atoms with Gasteiger partial charge in [0.25, 0.3) is 5.56 Å². The van der Waals surface area contributed by atoms with Crippen molar-refractivity contribution >= 4 is 28.4 Å². The Morgan fingerprint density at radius 1 is 1.12 bits per heavy atom. The molecule has 0 saturated carbocycles. The molecule has 0 bridgehead atoms. The first kappa shape index (κ1) is 21.1. The van der Waals surface area contributed by atoms with Gasteiger partial charge in [0.2, 0.25) is 4.96 Å². The third-order valence-corrected chi connectivity index (χ3v) is 6.16. The average molecular weight is 460 g/mol. The Morgan fingerprint density at radius 2 is 1.88 bits per heavy atom. The summed E-state index contributed by atoms with van der Waals surface area (Å²) in [6.07, 6.45) is 3.62. The molecule has 0 N–H and O–H groups in total. The maximum absolute atomic E-state index is 13.1. The topological polar surface area (TPSA) is 82.8 Å². The summed E-state index contributed by atoms with van der Waals surface area (Å²) in [5.41, 5.74) is 1.70. The van der Waals surface area contributed by atoms with E-state index in [1.165, 1.54) is 4.52 Å². The number of rotatable bonds is 4. The Kier molecular flexibility index (Phi) is 5.30. The van der Waals surface area contributed by atoms with Crippen LogP contribution >= 0.6 is 11.3 Å². The van der Waals surface area contributed by atoms with Crippen LogP contribution in [0, 0.1) is 0 Å². The minimum atomic E-state index is -0.483. The monoisotopic (exact) mass is 459 g/mol. The van der Waals surface area contributed by atoms with Crippen LogP contribution in [0.3, 0.4) is 0 Å². The fourth-order valence-electron chi connectivity index (χ4n) is 3.63. The van der Waals surface area contributed by atoms with E-state index in [2.05, 4.69) is 10.1 Å². The summed E-state index contributed by atoms with van der Waals surface area (Å²) in [5.74, 6) is 1.50. The van der Waals surface area contributed by atoms with Crippen LogP contribution in [-0.2, 0) is 0 Å². The predicted molar refractivity (Wildman–Crippen MR) is 129 cm³/mol. The molecule has 0 amide bonds. The second kappa shape index (κ2) is 8.29. The molecule has 7 nitrogen and oxygen atoms in total. The molecule has 3 heterocycles. The normalized spacial score (nSPS) is 15.9. The van der Waals surface area contributed by atoms with Crippen molar-refractivity contribution in [3.05, 3.63) is 84.9 Å². The van der Waals surface area contributed by atoms with E-state index < -0.39 is 5.56 Å². The largest absolute Gasteiger partial charge is 0.491 e. The minimum Gasteiger partial charge on any atom is -0.491 e. The van der Waals surface area contributed by atoms with Gasteiger partial charge in [-0.05, 0) is 68.8 Å². The second-order valence-electron chi connectivity index (χ2n) is 8.01. The summed E-state index contributed by atoms with van der Waals surface area (Å²) in [5, 5.41) is 4.33. The third kappa shape index (κ3) is 4.05. The molecule has 2 aromatic heterocycles. The zero-order valence-corrected chi connectivity index (χ0v) is 19.1. The van der Waals surface area contributed by atoms with Crippen LogP contribution in [0.4, 0.5) is 0 Å². The highest BCUT2D eigenvalue weighted by Crippen LogP contribution is 2.29. The Bertz CT molecular complexity index is 1550. The number of hydrogen-bond acceptors (Lipinski definition) is 7. The maximum Gasteiger partial charge on any atom is 0.300 e. The molecule has 0 saturated heterocycles. The van der Waals surface area contributed by atoms with Crippen molar-refractivity contribution < 1.29 is 9.47 Å². The van der Waals surface area contributed by atoms with Gasteiger partial charge in [-0.1, -0.05) is 29.5 Å². The molecule has 1 atom stereocenters. The summed E-state index contributed by atoms with van der Waals surface area (Å²) in [7, 11) is 0. The molecular weight excluding hydrogens is 438 g/mol. The van der Waals surface area contributed by atoms with Crippen LogP contribution in [0.25, 0.3) is 28.4 Å². The average Bonchev–Trinajstić information content (AvgIpc) is 3.08. The van der Waals surface area contributed by atoms with E-state index in [4.69, 9.17) is 9.47 Å². The van der Waals surface area contributed by atoms with Crippen molar-refractivity contribution in [1.29, 1.82) is 0 Å². The van der Waals surface area contributed by atoms with Gasteiger partial charge >= 0.3 is 5.56 Å². The number of nitrogens with zero attached hydrogens (tertiary/aromatic N) is 3. The number of para-hydroxylation sites is 1. The minimum absolute atomic E-state index is 0.0435. The molecule has 33 heavy (non-hydrogen) atoms. The molecule has 8 heteroatoms. The molecule has 1 aliphatic rings. The van der Waals surface area contributed by atoms with E-state index in [9.17, 15) is 9.59 Å². The molecule has 5 rings (SSSR count). The maximum atomic E-state index is 13.1. The van der Waals surface area contributed by atoms with Gasteiger partial charge in [0.15, 0.2) is 5.69 Å². The van der Waals surface area contributed by atoms with Gasteiger partial charge in [-0.2, -0.15) is 14.6 Å². The fourth-order valence-corrected chi connectivity index (χ4v) is 4.53. The van der Waals surface area contributed by atoms with Crippen LogP contribution in [0.15, 0.2) is 63.7 Å². The predicted octanol–water partition coefficient (Wildman–Crippen LogP) is 3.33. The van der Waals surface area contributed by atoms with Gasteiger partial charge in [0, 0.05) is 11.1 Å². The van der Waals surface area contributed by atoms with Gasteiger partial charge in [0.1, 0.15) is 17.6 Å². The number of thiazole rings is 1. The highest BCUT2D eigenvalue weighted by atomic mass is 32.1. The molecule has 166 valence electrons. The summed E-state index contributed by atoms with van der Waals surface area (Å²) < 4.78 is 13.2. The first-order valence-corrected chi connectivity index (χ1v) is 11.4. The standard InChI is InChI=1S/C25H21N3O4S/c1-14(2)31-19-10-8-16(9-11-19)22-23(29)26-25-28(27-22)24(30)21(33-25)13-18-12-17-6-4-5-7-20(17)32-15(18)3/h4-15H,1-3H3/b21-13+. The molecule has 0 spiro atoms. The summed E-state index contributed by atoms with van der Waals surface area (Å²) >= 11 is 1.13. The zero-order valence-electron chi connectivity index (χ0n) is 18.3. The first-order valence-electron chi connectivity index (χ1n) is 10.6. The molecule has 1 aliphatic heterocycles. The molecule has 0 aliphatic carbocycles. The summed E-state index contributed by atoms with van der Waals surface area (Å²) in [6, 6.07) is 14.8. The zero-order chi connectivity index (χ0) is 23.1. The highest BCUT2D eigenvalue weighted by Gasteiger charge is 2.18. The van der Waals surface area contributed by atoms with E-state index in [1.807, 2.05) is 51.1 Å². The van der Waals surface area contributed by atoms with Crippen molar-refractivity contribution in [1.82, 2.24) is 14.6 Å². The van der Waals surface area contributed by atoms with E-state index in [1.54, 1.807) is 30.3 Å². The Morgan fingerprint density at radius 3 is 2.64 bits per heavy atom. The number of ether oxygens (including phenoxy) is 2. The number of fused-ring (bicyclic) bond motifs is 2. The Labute approximate surface area is 193 Å². The number of benzene rings is 2. The molecule has 0 fully saturated rings. The lowest BCUT2D eigenvalue weighted by molar-refractivity contribution is 0.242. The van der Waals surface area contributed by atoms with E-state index >= 15 is 0 Å². The van der Waals surface area contributed by atoms with Crippen LogP contribution in [-0.4, -0.2) is 26.8 Å². The lowest BCUT2D eigenvalue weighted by atomic mass is 10.0. The van der Waals surface area contributed by atoms with Crippen molar-refractivity contribution in [3.8, 4) is 22.8 Å². The van der Waals surface area contributed by atoms with Gasteiger partial charge < -0.3 is 9.47 Å².